The van der Waals surface area contributed by atoms with E-state index in [0.29, 0.717) is 10.9 Å². The molecule has 1 aromatic carbocycles. The van der Waals surface area contributed by atoms with E-state index < -0.39 is 0 Å². The minimum Gasteiger partial charge on any atom is -0.310 e. The lowest BCUT2D eigenvalue weighted by Crippen LogP contribution is -2.27. The van der Waals surface area contributed by atoms with E-state index >= 15 is 0 Å². The fourth-order valence-electron chi connectivity index (χ4n) is 2.50. The number of benzene rings is 1. The van der Waals surface area contributed by atoms with E-state index in [1.54, 1.807) is 6.07 Å². The highest BCUT2D eigenvalue weighted by Crippen LogP contribution is 2.24. The van der Waals surface area contributed by atoms with Gasteiger partial charge in [0.2, 0.25) is 0 Å². The molecule has 4 heteroatoms. The largest absolute Gasteiger partial charge is 0.310 e. The standard InChI is InChI=1S/C14H20ClFN2/c1-10(13-4-3-12(16)7-14(13)15)17-8-11-5-6-18(2)9-11/h3-4,7,10-11,17H,5-6,8-9H2,1-2H3. The lowest BCUT2D eigenvalue weighted by atomic mass is 10.1. The molecule has 2 unspecified atom stereocenters. The van der Waals surface area contributed by atoms with Gasteiger partial charge in [0.25, 0.3) is 0 Å². The van der Waals surface area contributed by atoms with Gasteiger partial charge < -0.3 is 10.2 Å². The molecular formula is C14H20ClFN2. The quantitative estimate of drug-likeness (QED) is 0.905. The first-order chi connectivity index (χ1) is 8.56. The second kappa shape index (κ2) is 6.00. The van der Waals surface area contributed by atoms with Crippen molar-refractivity contribution in [3.05, 3.63) is 34.6 Å². The van der Waals surface area contributed by atoms with Gasteiger partial charge in [-0.25, -0.2) is 4.39 Å². The second-order valence-corrected chi connectivity index (χ2v) is 5.62. The van der Waals surface area contributed by atoms with E-state index in [1.807, 2.05) is 0 Å². The minimum absolute atomic E-state index is 0.156. The van der Waals surface area contributed by atoms with Crippen LogP contribution < -0.4 is 5.32 Å². The summed E-state index contributed by atoms with van der Waals surface area (Å²) in [5.74, 6) is 0.421. The van der Waals surface area contributed by atoms with Crippen molar-refractivity contribution in [1.82, 2.24) is 10.2 Å². The van der Waals surface area contributed by atoms with E-state index in [2.05, 4.69) is 24.2 Å². The second-order valence-electron chi connectivity index (χ2n) is 5.21. The predicted octanol–water partition coefficient (Wildman–Crippen LogP) is 3.08. The summed E-state index contributed by atoms with van der Waals surface area (Å²) in [6.45, 7) is 5.38. The molecule has 1 heterocycles. The molecule has 1 fully saturated rings. The molecule has 0 radical (unpaired) electrons. The third-order valence-electron chi connectivity index (χ3n) is 3.63. The summed E-state index contributed by atoms with van der Waals surface area (Å²) in [4.78, 5) is 2.35. The fraction of sp³-hybridized carbons (Fsp3) is 0.571. The van der Waals surface area contributed by atoms with Crippen molar-refractivity contribution >= 4 is 11.6 Å². The van der Waals surface area contributed by atoms with Crippen molar-refractivity contribution in [1.29, 1.82) is 0 Å². The van der Waals surface area contributed by atoms with Gasteiger partial charge in [0, 0.05) is 17.6 Å². The third kappa shape index (κ3) is 3.44. The Kier molecular flexibility index (Phi) is 4.60. The van der Waals surface area contributed by atoms with Crippen LogP contribution in [0.25, 0.3) is 0 Å². The van der Waals surface area contributed by atoms with Crippen LogP contribution in [0.4, 0.5) is 4.39 Å². The van der Waals surface area contributed by atoms with Crippen molar-refractivity contribution in [3.8, 4) is 0 Å². The van der Waals surface area contributed by atoms with Crippen LogP contribution in [-0.4, -0.2) is 31.6 Å². The lowest BCUT2D eigenvalue weighted by Gasteiger charge is -2.18. The molecule has 0 aliphatic carbocycles. The van der Waals surface area contributed by atoms with E-state index in [4.69, 9.17) is 11.6 Å². The molecule has 1 saturated heterocycles. The van der Waals surface area contributed by atoms with Gasteiger partial charge in [0.05, 0.1) is 0 Å². The molecule has 1 aromatic rings. The maximum absolute atomic E-state index is 13.0. The summed E-state index contributed by atoms with van der Waals surface area (Å²) in [6.07, 6.45) is 1.24. The number of halogens is 2. The smallest absolute Gasteiger partial charge is 0.124 e. The van der Waals surface area contributed by atoms with Gasteiger partial charge >= 0.3 is 0 Å². The Bertz CT molecular complexity index is 411. The average Bonchev–Trinajstić information content (AvgIpc) is 2.72. The number of rotatable bonds is 4. The first-order valence-corrected chi connectivity index (χ1v) is 6.81. The molecule has 0 spiro atoms. The van der Waals surface area contributed by atoms with E-state index in [-0.39, 0.29) is 11.9 Å². The number of nitrogens with zero attached hydrogens (tertiary/aromatic N) is 1. The third-order valence-corrected chi connectivity index (χ3v) is 3.96. The van der Waals surface area contributed by atoms with Gasteiger partial charge in [-0.05, 0) is 57.1 Å². The van der Waals surface area contributed by atoms with Crippen LogP contribution in [0, 0.1) is 11.7 Å². The Hall–Kier alpha value is -0.640. The van der Waals surface area contributed by atoms with Crippen molar-refractivity contribution < 1.29 is 4.39 Å². The zero-order valence-electron chi connectivity index (χ0n) is 10.9. The summed E-state index contributed by atoms with van der Waals surface area (Å²) in [5.41, 5.74) is 0.962. The molecule has 0 saturated carbocycles. The monoisotopic (exact) mass is 270 g/mol. The summed E-state index contributed by atoms with van der Waals surface area (Å²) >= 11 is 6.05. The van der Waals surface area contributed by atoms with Gasteiger partial charge in [-0.3, -0.25) is 0 Å². The molecule has 1 N–H and O–H groups in total. The van der Waals surface area contributed by atoms with Gasteiger partial charge in [0.1, 0.15) is 5.82 Å². The number of hydrogen-bond acceptors (Lipinski definition) is 2. The fourth-order valence-corrected chi connectivity index (χ4v) is 2.83. The molecule has 1 aliphatic heterocycles. The van der Waals surface area contributed by atoms with Crippen molar-refractivity contribution in [2.75, 3.05) is 26.7 Å². The molecule has 1 aliphatic rings. The van der Waals surface area contributed by atoms with Crippen LogP contribution in [0.5, 0.6) is 0 Å². The molecule has 2 rings (SSSR count). The van der Waals surface area contributed by atoms with E-state index in [0.717, 1.165) is 18.7 Å². The lowest BCUT2D eigenvalue weighted by molar-refractivity contribution is 0.382. The first-order valence-electron chi connectivity index (χ1n) is 6.43. The van der Waals surface area contributed by atoms with Crippen LogP contribution in [0.2, 0.25) is 5.02 Å². The van der Waals surface area contributed by atoms with E-state index in [9.17, 15) is 4.39 Å². The van der Waals surface area contributed by atoms with Crippen molar-refractivity contribution in [3.63, 3.8) is 0 Å². The Morgan fingerprint density at radius 2 is 2.33 bits per heavy atom. The molecule has 2 nitrogen and oxygen atoms in total. The Balaban J connectivity index is 1.89. The predicted molar refractivity (Wildman–Crippen MR) is 73.4 cm³/mol. The van der Waals surface area contributed by atoms with Gasteiger partial charge in [-0.2, -0.15) is 0 Å². The van der Waals surface area contributed by atoms with Crippen LogP contribution in [0.3, 0.4) is 0 Å². The highest BCUT2D eigenvalue weighted by molar-refractivity contribution is 6.31. The van der Waals surface area contributed by atoms with Gasteiger partial charge in [-0.15, -0.1) is 0 Å². The Morgan fingerprint density at radius 3 is 2.94 bits per heavy atom. The van der Waals surface area contributed by atoms with Crippen molar-refractivity contribution in [2.45, 2.75) is 19.4 Å². The summed E-state index contributed by atoms with van der Waals surface area (Å²) in [7, 11) is 2.15. The SMILES string of the molecule is CC(NCC1CCN(C)C1)c1ccc(F)cc1Cl. The zero-order valence-corrected chi connectivity index (χ0v) is 11.7. The molecule has 100 valence electrons. The molecule has 18 heavy (non-hydrogen) atoms. The normalized spacial score (nSPS) is 22.3. The van der Waals surface area contributed by atoms with Crippen LogP contribution >= 0.6 is 11.6 Å². The van der Waals surface area contributed by atoms with Gasteiger partial charge in [-0.1, -0.05) is 17.7 Å². The summed E-state index contributed by atoms with van der Waals surface area (Å²) in [6, 6.07) is 4.75. The zero-order chi connectivity index (χ0) is 13.1. The molecule has 0 bridgehead atoms. The minimum atomic E-state index is -0.284. The highest BCUT2D eigenvalue weighted by atomic mass is 35.5. The highest BCUT2D eigenvalue weighted by Gasteiger charge is 2.20. The first kappa shape index (κ1) is 13.8. The number of likely N-dealkylation sites (tertiary alicyclic amines) is 1. The molecule has 2 atom stereocenters. The average molecular weight is 271 g/mol. The molecule has 0 aromatic heterocycles. The Morgan fingerprint density at radius 1 is 1.56 bits per heavy atom. The topological polar surface area (TPSA) is 15.3 Å². The summed E-state index contributed by atoms with van der Waals surface area (Å²) in [5, 5.41) is 3.99. The maximum Gasteiger partial charge on any atom is 0.124 e. The van der Waals surface area contributed by atoms with Crippen LogP contribution in [0.1, 0.15) is 24.9 Å². The maximum atomic E-state index is 13.0. The Labute approximate surface area is 113 Å². The molecular weight excluding hydrogens is 251 g/mol. The van der Waals surface area contributed by atoms with E-state index in [1.165, 1.54) is 25.1 Å². The van der Waals surface area contributed by atoms with Gasteiger partial charge in [0.15, 0.2) is 0 Å². The van der Waals surface area contributed by atoms with Crippen LogP contribution in [-0.2, 0) is 0 Å². The van der Waals surface area contributed by atoms with Crippen LogP contribution in [0.15, 0.2) is 18.2 Å². The number of hydrogen-bond donors (Lipinski definition) is 1. The summed E-state index contributed by atoms with van der Waals surface area (Å²) < 4.78 is 13.0. The van der Waals surface area contributed by atoms with Crippen molar-refractivity contribution in [2.24, 2.45) is 5.92 Å². The number of nitrogens with one attached hydrogen (secondary N) is 1. The molecule has 0 amide bonds.